The Hall–Kier alpha value is -2.88. The lowest BCUT2D eigenvalue weighted by atomic mass is 10.1. The van der Waals surface area contributed by atoms with Gasteiger partial charge in [0.25, 0.3) is 5.91 Å². The molecule has 0 saturated heterocycles. The lowest BCUT2D eigenvalue weighted by Gasteiger charge is -2.10. The minimum Gasteiger partial charge on any atom is -0.347 e. The van der Waals surface area contributed by atoms with Gasteiger partial charge >= 0.3 is 0 Å². The molecule has 0 aliphatic rings. The first-order valence-electron chi connectivity index (χ1n) is 7.43. The Balaban J connectivity index is 2.16. The number of aryl methyl sites for hydroxylation is 1. The lowest BCUT2D eigenvalue weighted by molar-refractivity contribution is -0.122. The highest BCUT2D eigenvalue weighted by molar-refractivity contribution is 6.01. The molecule has 23 heavy (non-hydrogen) atoms. The second-order valence-electron chi connectivity index (χ2n) is 5.26. The van der Waals surface area contributed by atoms with Gasteiger partial charge < -0.3 is 10.6 Å². The van der Waals surface area contributed by atoms with Crippen molar-refractivity contribution < 1.29 is 9.59 Å². The predicted octanol–water partition coefficient (Wildman–Crippen LogP) is 2.79. The lowest BCUT2D eigenvalue weighted by Crippen LogP contribution is -2.33. The van der Waals surface area contributed by atoms with Gasteiger partial charge in [0.15, 0.2) is 0 Å². The molecule has 2 N–H and O–H groups in total. The summed E-state index contributed by atoms with van der Waals surface area (Å²) in [5.74, 6) is -0.591. The van der Waals surface area contributed by atoms with Crippen molar-refractivity contribution in [3.63, 3.8) is 0 Å². The van der Waals surface area contributed by atoms with Crippen LogP contribution in [-0.4, -0.2) is 11.8 Å². The minimum atomic E-state index is -0.313. The van der Waals surface area contributed by atoms with Gasteiger partial charge in [0.1, 0.15) is 5.70 Å². The van der Waals surface area contributed by atoms with Crippen LogP contribution in [0.1, 0.15) is 23.6 Å². The van der Waals surface area contributed by atoms with Gasteiger partial charge in [-0.25, -0.2) is 0 Å². The average Bonchev–Trinajstić information content (AvgIpc) is 2.54. The van der Waals surface area contributed by atoms with Crippen LogP contribution in [0.5, 0.6) is 0 Å². The van der Waals surface area contributed by atoms with Crippen molar-refractivity contribution in [1.29, 1.82) is 0 Å². The number of hydrogen-bond acceptors (Lipinski definition) is 2. The number of benzene rings is 2. The molecule has 0 unspecified atom stereocenters. The Morgan fingerprint density at radius 3 is 2.30 bits per heavy atom. The molecule has 4 nitrogen and oxygen atoms in total. The molecule has 0 heterocycles. The molecule has 0 radical (unpaired) electrons. The van der Waals surface area contributed by atoms with Crippen LogP contribution in [0.3, 0.4) is 0 Å². The largest absolute Gasteiger partial charge is 0.347 e. The van der Waals surface area contributed by atoms with Gasteiger partial charge in [0.05, 0.1) is 0 Å². The third kappa shape index (κ3) is 5.11. The van der Waals surface area contributed by atoms with E-state index in [0.29, 0.717) is 6.54 Å². The fourth-order valence-electron chi connectivity index (χ4n) is 2.13. The third-order valence-corrected chi connectivity index (χ3v) is 3.34. The predicted molar refractivity (Wildman–Crippen MR) is 91.3 cm³/mol. The molecular weight excluding hydrogens is 288 g/mol. The maximum atomic E-state index is 12.4. The zero-order valence-electron chi connectivity index (χ0n) is 13.3. The number of rotatable bonds is 5. The Morgan fingerprint density at radius 1 is 1.00 bits per heavy atom. The van der Waals surface area contributed by atoms with Crippen LogP contribution in [0.4, 0.5) is 0 Å². The molecule has 0 aromatic heterocycles. The highest BCUT2D eigenvalue weighted by Crippen LogP contribution is 2.11. The van der Waals surface area contributed by atoms with E-state index in [9.17, 15) is 9.59 Å². The van der Waals surface area contributed by atoms with Crippen LogP contribution in [0.2, 0.25) is 0 Å². The number of hydrogen-bond donors (Lipinski definition) is 2. The number of carbonyl (C=O) groups is 2. The van der Waals surface area contributed by atoms with Gasteiger partial charge in [-0.15, -0.1) is 0 Å². The normalized spacial score (nSPS) is 11.0. The van der Waals surface area contributed by atoms with Gasteiger partial charge in [-0.2, -0.15) is 0 Å². The SMILES string of the molecule is CC(=O)NC(=Cc1ccccc1C)C(=O)NCc1ccccc1. The van der Waals surface area contributed by atoms with Crippen molar-refractivity contribution in [3.8, 4) is 0 Å². The monoisotopic (exact) mass is 308 g/mol. The zero-order valence-corrected chi connectivity index (χ0v) is 13.3. The van der Waals surface area contributed by atoms with Gasteiger partial charge in [-0.3, -0.25) is 9.59 Å². The number of amides is 2. The van der Waals surface area contributed by atoms with Crippen LogP contribution in [0.15, 0.2) is 60.3 Å². The summed E-state index contributed by atoms with van der Waals surface area (Å²) in [6.45, 7) is 3.75. The van der Waals surface area contributed by atoms with E-state index < -0.39 is 0 Å². The van der Waals surface area contributed by atoms with Crippen molar-refractivity contribution >= 4 is 17.9 Å². The summed E-state index contributed by atoms with van der Waals surface area (Å²) in [4.78, 5) is 23.7. The first-order valence-corrected chi connectivity index (χ1v) is 7.43. The Morgan fingerprint density at radius 2 is 1.65 bits per heavy atom. The maximum absolute atomic E-state index is 12.4. The van der Waals surface area contributed by atoms with E-state index >= 15 is 0 Å². The quantitative estimate of drug-likeness (QED) is 0.835. The van der Waals surface area contributed by atoms with Gasteiger partial charge in [0, 0.05) is 13.5 Å². The van der Waals surface area contributed by atoms with Gasteiger partial charge in [-0.05, 0) is 29.7 Å². The first-order chi connectivity index (χ1) is 11.1. The summed E-state index contributed by atoms with van der Waals surface area (Å²) in [7, 11) is 0. The second kappa shape index (κ2) is 7.94. The molecule has 2 rings (SSSR count). The summed E-state index contributed by atoms with van der Waals surface area (Å²) in [5.41, 5.74) is 3.17. The molecule has 0 aliphatic heterocycles. The Labute approximate surface area is 136 Å². The van der Waals surface area contributed by atoms with Crippen LogP contribution in [0, 0.1) is 6.92 Å². The molecule has 0 saturated carbocycles. The van der Waals surface area contributed by atoms with E-state index in [0.717, 1.165) is 16.7 Å². The molecule has 0 bridgehead atoms. The van der Waals surface area contributed by atoms with E-state index in [2.05, 4.69) is 10.6 Å². The molecule has 0 fully saturated rings. The number of carbonyl (C=O) groups excluding carboxylic acids is 2. The van der Waals surface area contributed by atoms with E-state index in [1.807, 2.05) is 61.5 Å². The van der Waals surface area contributed by atoms with Crippen molar-refractivity contribution in [1.82, 2.24) is 10.6 Å². The van der Waals surface area contributed by atoms with Gasteiger partial charge in [-0.1, -0.05) is 54.6 Å². The summed E-state index contributed by atoms with van der Waals surface area (Å²) in [6, 6.07) is 17.3. The van der Waals surface area contributed by atoms with E-state index in [1.165, 1.54) is 6.92 Å². The van der Waals surface area contributed by atoms with E-state index in [-0.39, 0.29) is 17.5 Å². The van der Waals surface area contributed by atoms with Crippen LogP contribution in [-0.2, 0) is 16.1 Å². The van der Waals surface area contributed by atoms with Crippen molar-refractivity contribution in [2.24, 2.45) is 0 Å². The maximum Gasteiger partial charge on any atom is 0.268 e. The Bertz CT molecular complexity index is 721. The van der Waals surface area contributed by atoms with Crippen molar-refractivity contribution in [2.45, 2.75) is 20.4 Å². The molecule has 0 atom stereocenters. The van der Waals surface area contributed by atoms with E-state index in [4.69, 9.17) is 0 Å². The van der Waals surface area contributed by atoms with Gasteiger partial charge in [0.2, 0.25) is 5.91 Å². The summed E-state index contributed by atoms with van der Waals surface area (Å²) in [6.07, 6.45) is 1.69. The standard InChI is InChI=1S/C19H20N2O2/c1-14-8-6-7-11-17(14)12-18(21-15(2)22)19(23)20-13-16-9-4-3-5-10-16/h3-12H,13H2,1-2H3,(H,20,23)(H,21,22). The smallest absolute Gasteiger partial charge is 0.268 e. The third-order valence-electron chi connectivity index (χ3n) is 3.34. The van der Waals surface area contributed by atoms with Crippen molar-refractivity contribution in [2.75, 3.05) is 0 Å². The molecule has 0 aliphatic carbocycles. The van der Waals surface area contributed by atoms with Crippen molar-refractivity contribution in [3.05, 3.63) is 77.0 Å². The fourth-order valence-corrected chi connectivity index (χ4v) is 2.13. The summed E-state index contributed by atoms with van der Waals surface area (Å²) in [5, 5.41) is 5.42. The molecular formula is C19H20N2O2. The Kier molecular flexibility index (Phi) is 5.69. The fraction of sp³-hybridized carbons (Fsp3) is 0.158. The second-order valence-corrected chi connectivity index (χ2v) is 5.26. The summed E-state index contributed by atoms with van der Waals surface area (Å²) < 4.78 is 0. The molecule has 2 aromatic rings. The molecule has 0 spiro atoms. The van der Waals surface area contributed by atoms with Crippen LogP contribution >= 0.6 is 0 Å². The van der Waals surface area contributed by atoms with Crippen LogP contribution < -0.4 is 10.6 Å². The molecule has 2 aromatic carbocycles. The van der Waals surface area contributed by atoms with E-state index in [1.54, 1.807) is 6.08 Å². The highest BCUT2D eigenvalue weighted by Gasteiger charge is 2.11. The molecule has 4 heteroatoms. The molecule has 118 valence electrons. The first kappa shape index (κ1) is 16.5. The molecule has 2 amide bonds. The average molecular weight is 308 g/mol. The minimum absolute atomic E-state index is 0.239. The zero-order chi connectivity index (χ0) is 16.7. The highest BCUT2D eigenvalue weighted by atomic mass is 16.2. The summed E-state index contributed by atoms with van der Waals surface area (Å²) >= 11 is 0. The van der Waals surface area contributed by atoms with Crippen LogP contribution in [0.25, 0.3) is 6.08 Å². The topological polar surface area (TPSA) is 58.2 Å². The number of nitrogens with one attached hydrogen (secondary N) is 2.